The summed E-state index contributed by atoms with van der Waals surface area (Å²) in [6, 6.07) is 0. The molecule has 0 aromatic rings. The van der Waals surface area contributed by atoms with Gasteiger partial charge in [-0.25, -0.2) is 0 Å². The van der Waals surface area contributed by atoms with Crippen molar-refractivity contribution in [3.8, 4) is 0 Å². The highest BCUT2D eigenvalue weighted by Gasteiger charge is 2.26. The lowest BCUT2D eigenvalue weighted by Gasteiger charge is -2.30. The van der Waals surface area contributed by atoms with Crippen molar-refractivity contribution in [3.63, 3.8) is 0 Å². The molecular weight excluding hydrogens is 246 g/mol. The van der Waals surface area contributed by atoms with Crippen molar-refractivity contribution in [2.24, 2.45) is 17.3 Å². The van der Waals surface area contributed by atoms with Gasteiger partial charge in [-0.05, 0) is 31.1 Å². The molecule has 0 saturated heterocycles. The van der Waals surface area contributed by atoms with Gasteiger partial charge in [-0.2, -0.15) is 0 Å². The molecule has 1 rings (SSSR count). The third kappa shape index (κ3) is 5.94. The van der Waals surface area contributed by atoms with Gasteiger partial charge >= 0.3 is 0 Å². The number of allylic oxidation sites excluding steroid dienone is 3. The maximum Gasteiger partial charge on any atom is 0.228 e. The lowest BCUT2D eigenvalue weighted by molar-refractivity contribution is -0.139. The Morgan fingerprint density at radius 2 is 2.05 bits per heavy atom. The van der Waals surface area contributed by atoms with Crippen LogP contribution in [-0.2, 0) is 4.79 Å². The molecule has 2 heteroatoms. The normalized spacial score (nSPS) is 19.8. The number of carbonyl (C=O) groups excluding carboxylic acids is 1. The first-order chi connectivity index (χ1) is 9.30. The highest BCUT2D eigenvalue weighted by molar-refractivity contribution is 5.81. The van der Waals surface area contributed by atoms with E-state index in [0.717, 1.165) is 19.5 Å². The largest absolute Gasteiger partial charge is 0.338 e. The zero-order chi connectivity index (χ0) is 15.2. The van der Waals surface area contributed by atoms with Gasteiger partial charge in [0.15, 0.2) is 0 Å². The molecule has 0 fully saturated rings. The van der Waals surface area contributed by atoms with Gasteiger partial charge in [-0.15, -0.1) is 0 Å². The van der Waals surface area contributed by atoms with Crippen LogP contribution in [0.2, 0.25) is 0 Å². The number of hydrogen-bond acceptors (Lipinski definition) is 1. The van der Waals surface area contributed by atoms with E-state index in [-0.39, 0.29) is 11.3 Å². The smallest absolute Gasteiger partial charge is 0.228 e. The quantitative estimate of drug-likeness (QED) is 0.681. The van der Waals surface area contributed by atoms with Crippen LogP contribution in [0.15, 0.2) is 24.3 Å². The summed E-state index contributed by atoms with van der Waals surface area (Å²) < 4.78 is 0. The summed E-state index contributed by atoms with van der Waals surface area (Å²) in [5.41, 5.74) is -0.295. The molecule has 0 heterocycles. The maximum atomic E-state index is 12.5. The summed E-state index contributed by atoms with van der Waals surface area (Å²) in [5, 5.41) is 0. The fourth-order valence-corrected chi connectivity index (χ4v) is 2.53. The molecular formula is C18H31NO. The van der Waals surface area contributed by atoms with Crippen LogP contribution < -0.4 is 0 Å². The van der Waals surface area contributed by atoms with Crippen LogP contribution in [0.4, 0.5) is 0 Å². The number of nitrogens with zero attached hydrogens (tertiary/aromatic N) is 1. The Kier molecular flexibility index (Phi) is 6.51. The lowest BCUT2D eigenvalue weighted by Crippen LogP contribution is -2.41. The molecule has 1 aliphatic carbocycles. The lowest BCUT2D eigenvalue weighted by atomic mass is 9.93. The minimum Gasteiger partial charge on any atom is -0.338 e. The summed E-state index contributed by atoms with van der Waals surface area (Å²) in [5.74, 6) is 1.41. The number of rotatable bonds is 5. The van der Waals surface area contributed by atoms with Crippen molar-refractivity contribution < 1.29 is 4.79 Å². The van der Waals surface area contributed by atoms with Crippen LogP contribution in [-0.4, -0.2) is 23.9 Å². The Morgan fingerprint density at radius 3 is 2.55 bits per heavy atom. The molecule has 0 spiro atoms. The Labute approximate surface area is 124 Å². The highest BCUT2D eigenvalue weighted by atomic mass is 16.2. The van der Waals surface area contributed by atoms with Crippen molar-refractivity contribution in [1.29, 1.82) is 0 Å². The van der Waals surface area contributed by atoms with E-state index in [4.69, 9.17) is 0 Å². The van der Waals surface area contributed by atoms with E-state index in [9.17, 15) is 4.79 Å². The number of amides is 1. The molecule has 1 aliphatic rings. The first kappa shape index (κ1) is 17.0. The predicted molar refractivity (Wildman–Crippen MR) is 86.5 cm³/mol. The number of carbonyl (C=O) groups is 1. The van der Waals surface area contributed by atoms with Gasteiger partial charge in [0.2, 0.25) is 5.91 Å². The highest BCUT2D eigenvalue weighted by Crippen LogP contribution is 2.20. The van der Waals surface area contributed by atoms with Crippen molar-refractivity contribution in [1.82, 2.24) is 4.90 Å². The molecule has 0 N–H and O–H groups in total. The monoisotopic (exact) mass is 277 g/mol. The van der Waals surface area contributed by atoms with Crippen LogP contribution in [0.25, 0.3) is 0 Å². The van der Waals surface area contributed by atoms with Crippen molar-refractivity contribution in [2.45, 2.75) is 53.9 Å². The molecule has 0 bridgehead atoms. The van der Waals surface area contributed by atoms with E-state index < -0.39 is 0 Å². The van der Waals surface area contributed by atoms with Gasteiger partial charge in [-0.3, -0.25) is 4.79 Å². The third-order valence-electron chi connectivity index (χ3n) is 3.56. The average Bonchev–Trinajstić information content (AvgIpc) is 2.36. The first-order valence-corrected chi connectivity index (χ1v) is 7.91. The van der Waals surface area contributed by atoms with Crippen molar-refractivity contribution in [3.05, 3.63) is 24.3 Å². The van der Waals surface area contributed by atoms with Crippen LogP contribution in [0, 0.1) is 17.3 Å². The third-order valence-corrected chi connectivity index (χ3v) is 3.56. The second kappa shape index (κ2) is 7.66. The molecule has 0 aromatic heterocycles. The fourth-order valence-electron chi connectivity index (χ4n) is 2.53. The first-order valence-electron chi connectivity index (χ1n) is 7.91. The van der Waals surface area contributed by atoms with E-state index in [1.807, 2.05) is 25.7 Å². The van der Waals surface area contributed by atoms with Crippen LogP contribution in [0.3, 0.4) is 0 Å². The second-order valence-electron chi connectivity index (χ2n) is 7.33. The van der Waals surface area contributed by atoms with Gasteiger partial charge < -0.3 is 4.90 Å². The molecule has 0 aliphatic heterocycles. The van der Waals surface area contributed by atoms with Gasteiger partial charge in [0, 0.05) is 18.5 Å². The maximum absolute atomic E-state index is 12.5. The van der Waals surface area contributed by atoms with E-state index in [0.29, 0.717) is 11.8 Å². The summed E-state index contributed by atoms with van der Waals surface area (Å²) in [7, 11) is 0. The van der Waals surface area contributed by atoms with E-state index in [2.05, 4.69) is 38.2 Å². The number of hydrogen-bond donors (Lipinski definition) is 0. The van der Waals surface area contributed by atoms with Crippen molar-refractivity contribution in [2.75, 3.05) is 13.1 Å². The topological polar surface area (TPSA) is 20.3 Å². The molecule has 1 unspecified atom stereocenters. The molecule has 20 heavy (non-hydrogen) atoms. The van der Waals surface area contributed by atoms with E-state index in [1.54, 1.807) is 0 Å². The zero-order valence-corrected chi connectivity index (χ0v) is 13.9. The molecule has 114 valence electrons. The molecule has 0 saturated carbocycles. The van der Waals surface area contributed by atoms with Crippen LogP contribution in [0.1, 0.15) is 53.9 Å². The minimum absolute atomic E-state index is 0.249. The summed E-state index contributed by atoms with van der Waals surface area (Å²) >= 11 is 0. The average molecular weight is 277 g/mol. The Morgan fingerprint density at radius 1 is 1.35 bits per heavy atom. The molecule has 2 nitrogen and oxygen atoms in total. The summed E-state index contributed by atoms with van der Waals surface area (Å²) in [6.45, 7) is 11.9. The fraction of sp³-hybridized carbons (Fsp3) is 0.722. The van der Waals surface area contributed by atoms with E-state index in [1.165, 1.54) is 12.8 Å². The van der Waals surface area contributed by atoms with E-state index >= 15 is 0 Å². The van der Waals surface area contributed by atoms with Crippen molar-refractivity contribution >= 4 is 5.91 Å². The van der Waals surface area contributed by atoms with Gasteiger partial charge in [0.25, 0.3) is 0 Å². The second-order valence-corrected chi connectivity index (χ2v) is 7.33. The molecule has 1 amide bonds. The summed E-state index contributed by atoms with van der Waals surface area (Å²) in [4.78, 5) is 14.5. The molecule has 0 aromatic carbocycles. The van der Waals surface area contributed by atoms with Crippen LogP contribution in [0.5, 0.6) is 0 Å². The van der Waals surface area contributed by atoms with Gasteiger partial charge in [0.05, 0.1) is 0 Å². The Balaban J connectivity index is 2.58. The molecule has 1 atom stereocenters. The standard InChI is InChI=1S/C18H31NO/c1-15(2)14-19(17(20)18(3,4)5)13-9-12-16-10-7-6-8-11-16/h6-7,9,12,15-16H,8,10-11,13-14H2,1-5H3/b12-9+. The van der Waals surface area contributed by atoms with Gasteiger partial charge in [-0.1, -0.05) is 58.9 Å². The SMILES string of the molecule is CC(C)CN(C/C=C/C1CC=CCC1)C(=O)C(C)(C)C. The Bertz CT molecular complexity index is 360. The van der Waals surface area contributed by atoms with Gasteiger partial charge in [0.1, 0.15) is 0 Å². The minimum atomic E-state index is -0.295. The summed E-state index contributed by atoms with van der Waals surface area (Å²) in [6.07, 6.45) is 12.6. The Hall–Kier alpha value is -1.05. The zero-order valence-electron chi connectivity index (χ0n) is 13.9. The predicted octanol–water partition coefficient (Wildman–Crippen LogP) is 4.43. The van der Waals surface area contributed by atoms with Crippen LogP contribution >= 0.6 is 0 Å². The molecule has 0 radical (unpaired) electrons.